The molecule has 1 aromatic carbocycles. The van der Waals surface area contributed by atoms with Gasteiger partial charge in [-0.15, -0.1) is 0 Å². The van der Waals surface area contributed by atoms with Crippen LogP contribution >= 0.6 is 0 Å². The standard InChI is InChI=1S/C15H23N3O3/c1-2-21-15-11-13(10-14(12-15)18(19)20)16-6-9-17-7-4-3-5-8-17/h10-12,16H,2-9H2,1H3. The van der Waals surface area contributed by atoms with E-state index in [0.29, 0.717) is 12.4 Å². The van der Waals surface area contributed by atoms with Gasteiger partial charge in [0.05, 0.1) is 17.6 Å². The van der Waals surface area contributed by atoms with Gasteiger partial charge in [0, 0.05) is 30.9 Å². The van der Waals surface area contributed by atoms with Crippen molar-refractivity contribution in [1.29, 1.82) is 0 Å². The van der Waals surface area contributed by atoms with Gasteiger partial charge in [0.25, 0.3) is 5.69 Å². The summed E-state index contributed by atoms with van der Waals surface area (Å²) < 4.78 is 5.38. The minimum absolute atomic E-state index is 0.0569. The monoisotopic (exact) mass is 293 g/mol. The average Bonchev–Trinajstić information content (AvgIpc) is 2.48. The first-order valence-corrected chi connectivity index (χ1v) is 7.57. The Morgan fingerprint density at radius 1 is 1.29 bits per heavy atom. The van der Waals surface area contributed by atoms with Crippen LogP contribution in [0.2, 0.25) is 0 Å². The van der Waals surface area contributed by atoms with Crippen LogP contribution in [0.5, 0.6) is 5.75 Å². The van der Waals surface area contributed by atoms with Gasteiger partial charge in [-0.3, -0.25) is 10.1 Å². The lowest BCUT2D eigenvalue weighted by Crippen LogP contribution is -2.33. The molecule has 6 heteroatoms. The van der Waals surface area contributed by atoms with Gasteiger partial charge >= 0.3 is 0 Å². The van der Waals surface area contributed by atoms with Crippen molar-refractivity contribution in [3.8, 4) is 5.75 Å². The molecule has 0 saturated carbocycles. The summed E-state index contributed by atoms with van der Waals surface area (Å²) in [6, 6.07) is 4.82. The van der Waals surface area contributed by atoms with Crippen molar-refractivity contribution in [1.82, 2.24) is 4.90 Å². The van der Waals surface area contributed by atoms with Gasteiger partial charge in [-0.25, -0.2) is 0 Å². The molecule has 6 nitrogen and oxygen atoms in total. The second-order valence-electron chi connectivity index (χ2n) is 5.23. The van der Waals surface area contributed by atoms with Gasteiger partial charge in [0.15, 0.2) is 0 Å². The third kappa shape index (κ3) is 4.90. The number of nitrogens with one attached hydrogen (secondary N) is 1. The van der Waals surface area contributed by atoms with Gasteiger partial charge in [-0.05, 0) is 32.9 Å². The second kappa shape index (κ2) is 7.83. The highest BCUT2D eigenvalue weighted by atomic mass is 16.6. The average molecular weight is 293 g/mol. The number of piperidine rings is 1. The minimum Gasteiger partial charge on any atom is -0.494 e. The van der Waals surface area contributed by atoms with E-state index in [0.717, 1.165) is 31.9 Å². The fourth-order valence-corrected chi connectivity index (χ4v) is 2.58. The normalized spacial score (nSPS) is 15.7. The van der Waals surface area contributed by atoms with E-state index in [1.165, 1.54) is 25.3 Å². The van der Waals surface area contributed by atoms with Crippen LogP contribution in [0.4, 0.5) is 11.4 Å². The third-order valence-electron chi connectivity index (χ3n) is 3.62. The molecule has 1 aliphatic heterocycles. The zero-order valence-corrected chi connectivity index (χ0v) is 12.5. The predicted octanol–water partition coefficient (Wildman–Crippen LogP) is 2.89. The Bertz CT molecular complexity index is 473. The van der Waals surface area contributed by atoms with E-state index in [1.54, 1.807) is 6.07 Å². The molecule has 0 bridgehead atoms. The third-order valence-corrected chi connectivity index (χ3v) is 3.62. The van der Waals surface area contributed by atoms with Crippen molar-refractivity contribution in [2.75, 3.05) is 38.1 Å². The molecule has 0 amide bonds. The first-order chi connectivity index (χ1) is 10.2. The smallest absolute Gasteiger partial charge is 0.275 e. The topological polar surface area (TPSA) is 67.6 Å². The number of likely N-dealkylation sites (tertiary alicyclic amines) is 1. The highest BCUT2D eigenvalue weighted by Gasteiger charge is 2.12. The molecule has 0 aromatic heterocycles. The maximum atomic E-state index is 10.9. The summed E-state index contributed by atoms with van der Waals surface area (Å²) in [5.41, 5.74) is 0.797. The summed E-state index contributed by atoms with van der Waals surface area (Å²) in [5, 5.41) is 14.2. The Hall–Kier alpha value is -1.82. The van der Waals surface area contributed by atoms with Crippen LogP contribution < -0.4 is 10.1 Å². The molecule has 1 heterocycles. The quantitative estimate of drug-likeness (QED) is 0.618. The molecule has 1 aromatic rings. The molecule has 1 aliphatic rings. The van der Waals surface area contributed by atoms with E-state index >= 15 is 0 Å². The summed E-state index contributed by atoms with van der Waals surface area (Å²) in [6.45, 7) is 6.41. The Labute approximate surface area is 125 Å². The van der Waals surface area contributed by atoms with Crippen LogP contribution in [0.15, 0.2) is 18.2 Å². The molecular weight excluding hydrogens is 270 g/mol. The predicted molar refractivity (Wildman–Crippen MR) is 83.0 cm³/mol. The highest BCUT2D eigenvalue weighted by Crippen LogP contribution is 2.26. The molecule has 2 rings (SSSR count). The number of anilines is 1. The number of hydrogen-bond acceptors (Lipinski definition) is 5. The molecule has 1 saturated heterocycles. The van der Waals surface area contributed by atoms with E-state index < -0.39 is 4.92 Å². The van der Waals surface area contributed by atoms with Crippen molar-refractivity contribution < 1.29 is 9.66 Å². The van der Waals surface area contributed by atoms with E-state index in [2.05, 4.69) is 10.2 Å². The Kier molecular flexibility index (Phi) is 5.80. The molecule has 21 heavy (non-hydrogen) atoms. The van der Waals surface area contributed by atoms with Crippen LogP contribution in [0.1, 0.15) is 26.2 Å². The van der Waals surface area contributed by atoms with Gasteiger partial charge in [-0.2, -0.15) is 0 Å². The molecule has 116 valence electrons. The SMILES string of the molecule is CCOc1cc(NCCN2CCCCC2)cc([N+](=O)[O-])c1. The van der Waals surface area contributed by atoms with E-state index in [9.17, 15) is 10.1 Å². The largest absolute Gasteiger partial charge is 0.494 e. The molecule has 1 N–H and O–H groups in total. The molecular formula is C15H23N3O3. The zero-order valence-electron chi connectivity index (χ0n) is 12.5. The fraction of sp³-hybridized carbons (Fsp3) is 0.600. The van der Waals surface area contributed by atoms with Gasteiger partial charge in [0.2, 0.25) is 0 Å². The molecule has 0 radical (unpaired) electrons. The number of nitrogens with zero attached hydrogens (tertiary/aromatic N) is 2. The fourth-order valence-electron chi connectivity index (χ4n) is 2.58. The molecule has 0 spiro atoms. The summed E-state index contributed by atoms with van der Waals surface area (Å²) in [6.07, 6.45) is 3.86. The summed E-state index contributed by atoms with van der Waals surface area (Å²) in [7, 11) is 0. The van der Waals surface area contributed by atoms with Gasteiger partial charge in [-0.1, -0.05) is 6.42 Å². The molecule has 0 atom stereocenters. The first kappa shape index (κ1) is 15.6. The maximum absolute atomic E-state index is 10.9. The van der Waals surface area contributed by atoms with E-state index in [1.807, 2.05) is 13.0 Å². The number of benzene rings is 1. The Morgan fingerprint density at radius 3 is 2.71 bits per heavy atom. The highest BCUT2D eigenvalue weighted by molar-refractivity contribution is 5.56. The van der Waals surface area contributed by atoms with Crippen LogP contribution in [-0.4, -0.2) is 42.6 Å². The van der Waals surface area contributed by atoms with Crippen molar-refractivity contribution in [3.05, 3.63) is 28.3 Å². The molecule has 0 aliphatic carbocycles. The lowest BCUT2D eigenvalue weighted by molar-refractivity contribution is -0.384. The lowest BCUT2D eigenvalue weighted by atomic mass is 10.1. The van der Waals surface area contributed by atoms with Crippen LogP contribution in [0.25, 0.3) is 0 Å². The number of nitro groups is 1. The number of ether oxygens (including phenoxy) is 1. The van der Waals surface area contributed by atoms with Crippen LogP contribution in [0, 0.1) is 10.1 Å². The van der Waals surface area contributed by atoms with Crippen molar-refractivity contribution in [2.45, 2.75) is 26.2 Å². The number of non-ortho nitro benzene ring substituents is 1. The van der Waals surface area contributed by atoms with Gasteiger partial charge < -0.3 is 15.0 Å². The van der Waals surface area contributed by atoms with E-state index in [4.69, 9.17) is 4.74 Å². The number of rotatable bonds is 7. The maximum Gasteiger partial charge on any atom is 0.275 e. The Morgan fingerprint density at radius 2 is 2.05 bits per heavy atom. The second-order valence-corrected chi connectivity index (χ2v) is 5.23. The van der Waals surface area contributed by atoms with E-state index in [-0.39, 0.29) is 5.69 Å². The Balaban J connectivity index is 1.92. The number of hydrogen-bond donors (Lipinski definition) is 1. The zero-order chi connectivity index (χ0) is 15.1. The van der Waals surface area contributed by atoms with Gasteiger partial charge in [0.1, 0.15) is 5.75 Å². The summed E-state index contributed by atoms with van der Waals surface area (Å²) in [4.78, 5) is 13.0. The number of nitro benzene ring substituents is 1. The van der Waals surface area contributed by atoms with Crippen molar-refractivity contribution >= 4 is 11.4 Å². The summed E-state index contributed by atoms with van der Waals surface area (Å²) in [5.74, 6) is 0.534. The minimum atomic E-state index is -0.391. The summed E-state index contributed by atoms with van der Waals surface area (Å²) >= 11 is 0. The van der Waals surface area contributed by atoms with Crippen LogP contribution in [0.3, 0.4) is 0 Å². The first-order valence-electron chi connectivity index (χ1n) is 7.57. The van der Waals surface area contributed by atoms with Crippen LogP contribution in [-0.2, 0) is 0 Å². The molecule has 1 fully saturated rings. The van der Waals surface area contributed by atoms with Crippen molar-refractivity contribution in [2.24, 2.45) is 0 Å². The molecule has 0 unspecified atom stereocenters. The lowest BCUT2D eigenvalue weighted by Gasteiger charge is -2.26. The van der Waals surface area contributed by atoms with Crippen molar-refractivity contribution in [3.63, 3.8) is 0 Å².